The van der Waals surface area contributed by atoms with E-state index in [1.165, 1.54) is 12.3 Å². The van der Waals surface area contributed by atoms with Crippen LogP contribution in [0.3, 0.4) is 0 Å². The molecule has 6 nitrogen and oxygen atoms in total. The number of aromatic nitrogens is 1. The predicted octanol–water partition coefficient (Wildman–Crippen LogP) is 1.41. The van der Waals surface area contributed by atoms with Gasteiger partial charge in [0.15, 0.2) is 0 Å². The summed E-state index contributed by atoms with van der Waals surface area (Å²) in [5, 5.41) is 3.55. The molecule has 0 aromatic carbocycles. The molecule has 0 aliphatic carbocycles. The molecule has 0 radical (unpaired) electrons. The molecule has 0 saturated carbocycles. The van der Waals surface area contributed by atoms with Gasteiger partial charge in [0.25, 0.3) is 0 Å². The third-order valence-electron chi connectivity index (χ3n) is 2.47. The van der Waals surface area contributed by atoms with Gasteiger partial charge in [0, 0.05) is 12.1 Å². The third-order valence-corrected chi connectivity index (χ3v) is 4.04. The van der Waals surface area contributed by atoms with Crippen molar-refractivity contribution >= 4 is 10.0 Å². The van der Waals surface area contributed by atoms with E-state index in [0.29, 0.717) is 17.9 Å². The Balaban J connectivity index is 2.02. The van der Waals surface area contributed by atoms with Gasteiger partial charge in [-0.15, -0.1) is 0 Å². The molecule has 98 valence electrons. The monoisotopic (exact) mass is 270 g/mol. The van der Waals surface area contributed by atoms with Gasteiger partial charge in [-0.2, -0.15) is 0 Å². The molecule has 0 aliphatic heterocycles. The van der Waals surface area contributed by atoms with Crippen LogP contribution in [0.15, 0.2) is 32.4 Å². The molecule has 7 heteroatoms. The molecule has 0 fully saturated rings. The minimum atomic E-state index is -3.52. The maximum absolute atomic E-state index is 12.0. The molecule has 2 heterocycles. The highest BCUT2D eigenvalue weighted by Crippen LogP contribution is 2.18. The molecule has 0 aliphatic rings. The second-order valence-electron chi connectivity index (χ2n) is 3.96. The second kappa shape index (κ2) is 4.95. The van der Waals surface area contributed by atoms with Crippen LogP contribution in [0.25, 0.3) is 0 Å². The lowest BCUT2D eigenvalue weighted by Gasteiger charge is -2.04. The fourth-order valence-corrected chi connectivity index (χ4v) is 2.90. The second-order valence-corrected chi connectivity index (χ2v) is 5.69. The molecule has 1 N–H and O–H groups in total. The summed E-state index contributed by atoms with van der Waals surface area (Å²) in [6.07, 6.45) is 3.57. The quantitative estimate of drug-likeness (QED) is 0.887. The van der Waals surface area contributed by atoms with Gasteiger partial charge in [0.05, 0.1) is 6.20 Å². The molecule has 2 aromatic heterocycles. The molecule has 2 aromatic rings. The Morgan fingerprint density at radius 2 is 2.17 bits per heavy atom. The van der Waals surface area contributed by atoms with Crippen molar-refractivity contribution in [2.75, 3.05) is 6.54 Å². The summed E-state index contributed by atoms with van der Waals surface area (Å²) in [5.74, 6) is 0.969. The lowest BCUT2D eigenvalue weighted by atomic mass is 10.3. The topological polar surface area (TPSA) is 85.3 Å². The predicted molar refractivity (Wildman–Crippen MR) is 63.6 cm³/mol. The van der Waals surface area contributed by atoms with Gasteiger partial charge in [-0.25, -0.2) is 13.1 Å². The Morgan fingerprint density at radius 3 is 2.72 bits per heavy atom. The van der Waals surface area contributed by atoms with Crippen molar-refractivity contribution in [3.05, 3.63) is 35.6 Å². The lowest BCUT2D eigenvalue weighted by Crippen LogP contribution is -2.26. The number of aryl methyl sites for hydroxylation is 2. The van der Waals surface area contributed by atoms with E-state index in [-0.39, 0.29) is 11.4 Å². The van der Waals surface area contributed by atoms with Crippen molar-refractivity contribution in [2.24, 2.45) is 0 Å². The number of rotatable bonds is 5. The first-order valence-electron chi connectivity index (χ1n) is 5.44. The van der Waals surface area contributed by atoms with Crippen LogP contribution >= 0.6 is 0 Å². The number of nitrogens with zero attached hydrogens (tertiary/aromatic N) is 1. The molecule has 0 bridgehead atoms. The van der Waals surface area contributed by atoms with Crippen molar-refractivity contribution in [1.82, 2.24) is 9.88 Å². The average molecular weight is 270 g/mol. The van der Waals surface area contributed by atoms with Crippen molar-refractivity contribution in [3.63, 3.8) is 0 Å². The highest BCUT2D eigenvalue weighted by Gasteiger charge is 2.19. The molecular weight excluding hydrogens is 256 g/mol. The largest absolute Gasteiger partial charge is 0.465 e. The van der Waals surface area contributed by atoms with Crippen LogP contribution < -0.4 is 4.72 Å². The average Bonchev–Trinajstić information content (AvgIpc) is 2.88. The number of hydrogen-bond donors (Lipinski definition) is 1. The van der Waals surface area contributed by atoms with Gasteiger partial charge < -0.3 is 8.94 Å². The van der Waals surface area contributed by atoms with Crippen molar-refractivity contribution in [3.8, 4) is 0 Å². The van der Waals surface area contributed by atoms with Crippen molar-refractivity contribution in [2.45, 2.75) is 25.2 Å². The number of sulfonamides is 1. The first-order valence-corrected chi connectivity index (χ1v) is 6.92. The minimum absolute atomic E-state index is 0.185. The van der Waals surface area contributed by atoms with E-state index in [0.717, 1.165) is 5.56 Å². The van der Waals surface area contributed by atoms with Gasteiger partial charge in [-0.1, -0.05) is 5.16 Å². The van der Waals surface area contributed by atoms with Crippen LogP contribution in [0.1, 0.15) is 17.1 Å². The highest BCUT2D eigenvalue weighted by molar-refractivity contribution is 7.89. The summed E-state index contributed by atoms with van der Waals surface area (Å²) in [6.45, 7) is 3.62. The molecule has 0 unspecified atom stereocenters. The highest BCUT2D eigenvalue weighted by atomic mass is 32.2. The van der Waals surface area contributed by atoms with Gasteiger partial charge in [-0.05, 0) is 26.3 Å². The number of nitrogens with one attached hydrogen (secondary N) is 1. The molecular formula is C11H14N2O4S. The molecule has 18 heavy (non-hydrogen) atoms. The van der Waals surface area contributed by atoms with Crippen LogP contribution in [0, 0.1) is 13.8 Å². The van der Waals surface area contributed by atoms with Crippen LogP contribution in [0.4, 0.5) is 0 Å². The smallest absolute Gasteiger partial charge is 0.244 e. The first kappa shape index (κ1) is 12.8. The van der Waals surface area contributed by atoms with Crippen molar-refractivity contribution < 1.29 is 17.4 Å². The zero-order valence-electron chi connectivity index (χ0n) is 10.1. The van der Waals surface area contributed by atoms with E-state index in [4.69, 9.17) is 4.42 Å². The van der Waals surface area contributed by atoms with E-state index in [1.54, 1.807) is 20.0 Å². The van der Waals surface area contributed by atoms with Crippen LogP contribution in [0.2, 0.25) is 0 Å². The van der Waals surface area contributed by atoms with Crippen molar-refractivity contribution in [1.29, 1.82) is 0 Å². The first-order chi connectivity index (χ1) is 8.49. The zero-order valence-corrected chi connectivity index (χ0v) is 11.0. The van der Waals surface area contributed by atoms with E-state index in [1.807, 2.05) is 0 Å². The van der Waals surface area contributed by atoms with E-state index < -0.39 is 10.0 Å². The fourth-order valence-electron chi connectivity index (χ4n) is 1.63. The standard InChI is InChI=1S/C11H14N2O4S/c1-8-5-11(9(2)17-8)18(14,15)13-4-3-10-6-12-16-7-10/h5-7,13H,3-4H2,1-2H3. The van der Waals surface area contributed by atoms with E-state index in [2.05, 4.69) is 14.4 Å². The molecule has 0 atom stereocenters. The SMILES string of the molecule is Cc1cc(S(=O)(=O)NCCc2cnoc2)c(C)o1. The summed E-state index contributed by atoms with van der Waals surface area (Å²) in [7, 11) is -3.52. The summed E-state index contributed by atoms with van der Waals surface area (Å²) < 4.78 is 36.4. The lowest BCUT2D eigenvalue weighted by molar-refractivity contribution is 0.419. The van der Waals surface area contributed by atoms with Gasteiger partial charge in [-0.3, -0.25) is 0 Å². The fraction of sp³-hybridized carbons (Fsp3) is 0.364. The Bertz CT molecular complexity index is 614. The Hall–Kier alpha value is -1.60. The maximum atomic E-state index is 12.0. The van der Waals surface area contributed by atoms with E-state index >= 15 is 0 Å². The van der Waals surface area contributed by atoms with Crippen LogP contribution in [0.5, 0.6) is 0 Å². The van der Waals surface area contributed by atoms with Crippen LogP contribution in [-0.2, 0) is 16.4 Å². The molecule has 0 saturated heterocycles. The molecule has 2 rings (SSSR count). The minimum Gasteiger partial charge on any atom is -0.465 e. The number of furan rings is 1. The summed E-state index contributed by atoms with van der Waals surface area (Å²) in [5.41, 5.74) is 0.845. The molecule has 0 spiro atoms. The number of hydrogen-bond acceptors (Lipinski definition) is 5. The summed E-state index contributed by atoms with van der Waals surface area (Å²) in [6, 6.07) is 1.51. The Kier molecular flexibility index (Phi) is 3.53. The van der Waals surface area contributed by atoms with Gasteiger partial charge >= 0.3 is 0 Å². The Morgan fingerprint density at radius 1 is 1.39 bits per heavy atom. The molecule has 0 amide bonds. The summed E-state index contributed by atoms with van der Waals surface area (Å²) in [4.78, 5) is 0.185. The third kappa shape index (κ3) is 2.80. The zero-order chi connectivity index (χ0) is 13.2. The summed E-state index contributed by atoms with van der Waals surface area (Å²) >= 11 is 0. The van der Waals surface area contributed by atoms with E-state index in [9.17, 15) is 8.42 Å². The van der Waals surface area contributed by atoms with Gasteiger partial charge in [0.2, 0.25) is 10.0 Å². The van der Waals surface area contributed by atoms with Gasteiger partial charge in [0.1, 0.15) is 22.7 Å². The normalized spacial score (nSPS) is 11.9. The Labute approximate surface area is 105 Å². The maximum Gasteiger partial charge on any atom is 0.244 e. The van der Waals surface area contributed by atoms with Crippen LogP contribution in [-0.4, -0.2) is 20.1 Å².